The van der Waals surface area contributed by atoms with Crippen LogP contribution >= 0.6 is 23.1 Å². The predicted octanol–water partition coefficient (Wildman–Crippen LogP) is 3.50. The second-order valence-corrected chi connectivity index (χ2v) is 12.0. The maximum atomic E-state index is 13.5. The van der Waals surface area contributed by atoms with Crippen LogP contribution in [0.2, 0.25) is 0 Å². The second kappa shape index (κ2) is 12.6. The number of nitrogens with one attached hydrogen (secondary N) is 2. The number of alkyl carbamates (subject to hydrolysis) is 1. The molecule has 1 aromatic carbocycles. The van der Waals surface area contributed by atoms with Crippen molar-refractivity contribution in [2.45, 2.75) is 64.8 Å². The van der Waals surface area contributed by atoms with Crippen molar-refractivity contribution in [3.63, 3.8) is 0 Å². The molecule has 1 saturated heterocycles. The fraction of sp³-hybridized carbons (Fsp3) is 0.500. The Morgan fingerprint density at radius 1 is 1.14 bits per heavy atom. The van der Waals surface area contributed by atoms with Gasteiger partial charge in [-0.05, 0) is 32.3 Å². The van der Waals surface area contributed by atoms with Gasteiger partial charge in [-0.3, -0.25) is 14.4 Å². The van der Waals surface area contributed by atoms with E-state index in [4.69, 9.17) is 4.74 Å². The van der Waals surface area contributed by atoms with E-state index in [0.717, 1.165) is 5.56 Å². The number of nitrogens with zero attached hydrogens (tertiary/aromatic N) is 2. The van der Waals surface area contributed by atoms with Crippen LogP contribution in [0.1, 0.15) is 50.0 Å². The van der Waals surface area contributed by atoms with Crippen molar-refractivity contribution < 1.29 is 23.9 Å². The monoisotopic (exact) mass is 546 g/mol. The molecule has 1 aliphatic heterocycles. The van der Waals surface area contributed by atoms with Crippen LogP contribution in [0.3, 0.4) is 0 Å². The zero-order chi connectivity index (χ0) is 27.2. The van der Waals surface area contributed by atoms with Crippen molar-refractivity contribution >= 4 is 46.8 Å². The topological polar surface area (TPSA) is 118 Å². The minimum Gasteiger partial charge on any atom is -0.444 e. The molecule has 0 unspecified atom stereocenters. The van der Waals surface area contributed by atoms with Crippen LogP contribution in [0, 0.1) is 5.92 Å². The summed E-state index contributed by atoms with van der Waals surface area (Å²) in [5.74, 6) is -0.590. The quantitative estimate of drug-likeness (QED) is 0.462. The minimum atomic E-state index is -0.860. The summed E-state index contributed by atoms with van der Waals surface area (Å²) in [5.41, 5.74) is 0.186. The number of carbonyl (C=O) groups excluding carboxylic acids is 4. The molecule has 1 fully saturated rings. The van der Waals surface area contributed by atoms with Crippen LogP contribution in [-0.4, -0.2) is 68.9 Å². The summed E-state index contributed by atoms with van der Waals surface area (Å²) >= 11 is 2.67. The van der Waals surface area contributed by atoms with Gasteiger partial charge >= 0.3 is 6.09 Å². The molecule has 0 radical (unpaired) electrons. The lowest BCUT2D eigenvalue weighted by Gasteiger charge is -2.31. The molecule has 1 aromatic heterocycles. The van der Waals surface area contributed by atoms with E-state index in [1.54, 1.807) is 32.3 Å². The molecule has 200 valence electrons. The highest BCUT2D eigenvalue weighted by molar-refractivity contribution is 7.99. The first kappa shape index (κ1) is 28.6. The van der Waals surface area contributed by atoms with E-state index in [0.29, 0.717) is 23.1 Å². The molecule has 3 atom stereocenters. The Bertz CT molecular complexity index is 1090. The number of thiazole rings is 1. The number of ether oxygens (including phenoxy) is 1. The Kier molecular flexibility index (Phi) is 9.72. The molecule has 37 heavy (non-hydrogen) atoms. The highest BCUT2D eigenvalue weighted by Gasteiger charge is 2.40. The number of carbonyl (C=O) groups is 4. The van der Waals surface area contributed by atoms with Gasteiger partial charge in [0.05, 0.1) is 11.9 Å². The average molecular weight is 547 g/mol. The van der Waals surface area contributed by atoms with Crippen molar-refractivity contribution in [3.05, 3.63) is 52.5 Å². The Balaban J connectivity index is 1.75. The van der Waals surface area contributed by atoms with Crippen LogP contribution in [0.4, 0.5) is 4.79 Å². The first-order chi connectivity index (χ1) is 17.5. The van der Waals surface area contributed by atoms with Gasteiger partial charge in [-0.25, -0.2) is 9.78 Å². The molecule has 9 nitrogen and oxygen atoms in total. The SMILES string of the molecule is CC(C)[C@H](NC(=O)OC(C)(C)C)C(=O)N1CSC[C@H]1C(=O)N[C@@H](Cc1ccccc1)C(=O)c1nccs1. The first-order valence-electron chi connectivity index (χ1n) is 12.1. The maximum absolute atomic E-state index is 13.5. The highest BCUT2D eigenvalue weighted by atomic mass is 32.2. The van der Waals surface area contributed by atoms with Gasteiger partial charge in [0.15, 0.2) is 5.01 Å². The summed E-state index contributed by atoms with van der Waals surface area (Å²) in [6.07, 6.45) is 1.16. The maximum Gasteiger partial charge on any atom is 0.408 e. The number of Topliss-reactive ketones (excluding diaryl/α,β-unsaturated/α-hetero) is 1. The lowest BCUT2D eigenvalue weighted by atomic mass is 10.0. The molecule has 0 aliphatic carbocycles. The van der Waals surface area contributed by atoms with Crippen LogP contribution < -0.4 is 10.6 Å². The number of rotatable bonds is 9. The fourth-order valence-corrected chi connectivity index (χ4v) is 5.62. The molecular weight excluding hydrogens is 512 g/mol. The second-order valence-electron chi connectivity index (χ2n) is 10.1. The van der Waals surface area contributed by atoms with Crippen molar-refractivity contribution in [3.8, 4) is 0 Å². The predicted molar refractivity (Wildman–Crippen MR) is 144 cm³/mol. The summed E-state index contributed by atoms with van der Waals surface area (Å²) < 4.78 is 5.33. The molecule has 0 spiro atoms. The van der Waals surface area contributed by atoms with Crippen molar-refractivity contribution in [1.29, 1.82) is 0 Å². The lowest BCUT2D eigenvalue weighted by Crippen LogP contribution is -2.57. The summed E-state index contributed by atoms with van der Waals surface area (Å²) in [5, 5.41) is 7.58. The van der Waals surface area contributed by atoms with Crippen molar-refractivity contribution in [2.24, 2.45) is 5.92 Å². The Morgan fingerprint density at radius 3 is 2.43 bits per heavy atom. The Hall–Kier alpha value is -2.92. The van der Waals surface area contributed by atoms with Crippen molar-refractivity contribution in [1.82, 2.24) is 20.5 Å². The molecule has 0 bridgehead atoms. The van der Waals surface area contributed by atoms with Crippen LogP contribution in [0.15, 0.2) is 41.9 Å². The van der Waals surface area contributed by atoms with E-state index in [-0.39, 0.29) is 17.6 Å². The third-order valence-electron chi connectivity index (χ3n) is 5.63. The van der Waals surface area contributed by atoms with Gasteiger partial charge in [0.1, 0.15) is 17.7 Å². The molecule has 3 rings (SSSR count). The molecule has 2 aromatic rings. The normalized spacial score (nSPS) is 17.2. The van der Waals surface area contributed by atoms with E-state index in [9.17, 15) is 19.2 Å². The fourth-order valence-electron chi connectivity index (χ4n) is 3.82. The standard InChI is InChI=1S/C26H34N4O5S2/c1-16(2)20(29-25(34)35-26(3,4)5)24(33)30-15-36-14-19(30)22(32)28-18(13-17-9-7-6-8-10-17)21(31)23-27-11-12-37-23/h6-12,16,18-20H,13-15H2,1-5H3,(H,28,32)(H,29,34)/t18-,19-,20-/m0/s1. The van der Waals surface area contributed by atoms with Gasteiger partial charge in [0.2, 0.25) is 17.6 Å². The number of hydrogen-bond acceptors (Lipinski definition) is 8. The first-order valence-corrected chi connectivity index (χ1v) is 14.2. The van der Waals surface area contributed by atoms with E-state index >= 15 is 0 Å². The van der Waals surface area contributed by atoms with Gasteiger partial charge in [0.25, 0.3) is 0 Å². The number of ketones is 1. The van der Waals surface area contributed by atoms with Crippen LogP contribution in [0.25, 0.3) is 0 Å². The smallest absolute Gasteiger partial charge is 0.408 e. The van der Waals surface area contributed by atoms with Gasteiger partial charge < -0.3 is 20.3 Å². The molecule has 1 aliphatic rings. The molecule has 0 saturated carbocycles. The van der Waals surface area contributed by atoms with E-state index in [2.05, 4.69) is 15.6 Å². The highest BCUT2D eigenvalue weighted by Crippen LogP contribution is 2.24. The summed E-state index contributed by atoms with van der Waals surface area (Å²) in [6, 6.07) is 6.96. The number of benzene rings is 1. The number of aromatic nitrogens is 1. The van der Waals surface area contributed by atoms with Crippen molar-refractivity contribution in [2.75, 3.05) is 11.6 Å². The zero-order valence-corrected chi connectivity index (χ0v) is 23.4. The van der Waals surface area contributed by atoms with Crippen LogP contribution in [0.5, 0.6) is 0 Å². The zero-order valence-electron chi connectivity index (χ0n) is 21.7. The van der Waals surface area contributed by atoms with Gasteiger partial charge in [-0.15, -0.1) is 23.1 Å². The Morgan fingerprint density at radius 2 is 1.84 bits per heavy atom. The largest absolute Gasteiger partial charge is 0.444 e. The summed E-state index contributed by atoms with van der Waals surface area (Å²) in [7, 11) is 0. The van der Waals surface area contributed by atoms with Gasteiger partial charge in [-0.2, -0.15) is 0 Å². The van der Waals surface area contributed by atoms with E-state index < -0.39 is 35.7 Å². The molecule has 11 heteroatoms. The van der Waals surface area contributed by atoms with E-state index in [1.165, 1.54) is 28.0 Å². The van der Waals surface area contributed by atoms with Gasteiger partial charge in [-0.1, -0.05) is 44.2 Å². The average Bonchev–Trinajstić information content (AvgIpc) is 3.53. The van der Waals surface area contributed by atoms with Crippen LogP contribution in [-0.2, 0) is 20.7 Å². The molecule has 2 heterocycles. The molecular formula is C26H34N4O5S2. The lowest BCUT2D eigenvalue weighted by molar-refractivity contribution is -0.140. The summed E-state index contributed by atoms with van der Waals surface area (Å²) in [4.78, 5) is 58.1. The number of thioether (sulfide) groups is 1. The van der Waals surface area contributed by atoms with Gasteiger partial charge in [0, 0.05) is 23.8 Å². The number of hydrogen-bond donors (Lipinski definition) is 2. The summed E-state index contributed by atoms with van der Waals surface area (Å²) in [6.45, 7) is 8.88. The number of amides is 3. The third-order valence-corrected chi connectivity index (χ3v) is 7.43. The third kappa shape index (κ3) is 8.03. The molecule has 3 amide bonds. The Labute approximate surface area is 225 Å². The minimum absolute atomic E-state index is 0.230. The molecule has 2 N–H and O–H groups in total. The van der Waals surface area contributed by atoms with E-state index in [1.807, 2.05) is 44.2 Å².